The highest BCUT2D eigenvalue weighted by molar-refractivity contribution is 6.18. The number of cyclic esters (lactones) is 1. The fourth-order valence-corrected chi connectivity index (χ4v) is 6.75. The van der Waals surface area contributed by atoms with Crippen LogP contribution in [0.3, 0.4) is 0 Å². The third-order valence-electron chi connectivity index (χ3n) is 9.04. The van der Waals surface area contributed by atoms with Crippen LogP contribution >= 0.6 is 35.6 Å². The summed E-state index contributed by atoms with van der Waals surface area (Å²) in [4.78, 5) is 45.0. The molecule has 0 fully saturated rings. The Hall–Kier alpha value is -3.91. The van der Waals surface area contributed by atoms with Gasteiger partial charge in [-0.05, 0) is 68.9 Å². The van der Waals surface area contributed by atoms with E-state index in [0.29, 0.717) is 59.3 Å². The second kappa shape index (κ2) is 16.6. The van der Waals surface area contributed by atoms with Crippen molar-refractivity contribution in [2.24, 2.45) is 5.73 Å². The zero-order valence-electron chi connectivity index (χ0n) is 28.6. The Bertz CT molecular complexity index is 1970. The minimum Gasteiger partial charge on any atom is -0.508 e. The van der Waals surface area contributed by atoms with Gasteiger partial charge in [0, 0.05) is 59.2 Å². The number of aliphatic hydroxyl groups is 1. The number of aromatic nitrogens is 2. The Morgan fingerprint density at radius 3 is 2.35 bits per heavy atom. The normalized spacial score (nSPS) is 16.3. The SMILES string of the molecule is CC[C@@]1(O)C(=O)OCc2c1cc1n(c2=O)Cc2cc3c(CN(C)C)c(O)ccc3nc2-1.Cl.N[C@@H](Cc1ccc(N(CCCl)CCCl)cc1)C(=O)O. The van der Waals surface area contributed by atoms with E-state index in [2.05, 4.69) is 4.90 Å². The molecule has 0 unspecified atom stereocenters. The van der Waals surface area contributed by atoms with Gasteiger partial charge in [-0.1, -0.05) is 19.1 Å². The molecule has 0 aliphatic carbocycles. The molecule has 15 heteroatoms. The van der Waals surface area contributed by atoms with Crippen LogP contribution in [0.5, 0.6) is 5.75 Å². The number of nitrogens with zero attached hydrogens (tertiary/aromatic N) is 4. The van der Waals surface area contributed by atoms with Crippen LogP contribution in [0.4, 0.5) is 5.69 Å². The molecule has 12 nitrogen and oxygen atoms in total. The van der Waals surface area contributed by atoms with Crippen molar-refractivity contribution in [3.63, 3.8) is 0 Å². The van der Waals surface area contributed by atoms with Gasteiger partial charge in [0.25, 0.3) is 5.56 Å². The third kappa shape index (κ3) is 8.11. The molecule has 0 amide bonds. The number of fused-ring (bicyclic) bond motifs is 5. The highest BCUT2D eigenvalue weighted by Gasteiger charge is 2.45. The summed E-state index contributed by atoms with van der Waals surface area (Å²) in [5, 5.41) is 30.9. The lowest BCUT2D eigenvalue weighted by atomic mass is 9.86. The molecule has 2 aliphatic heterocycles. The van der Waals surface area contributed by atoms with Crippen LogP contribution < -0.4 is 16.2 Å². The Kier molecular flexibility index (Phi) is 13.0. The molecule has 0 bridgehead atoms. The lowest BCUT2D eigenvalue weighted by Gasteiger charge is -2.31. The monoisotopic (exact) mass is 761 g/mol. The molecule has 6 rings (SSSR count). The number of benzene rings is 2. The standard InChI is InChI=1S/C23H23N3O5.C13H18Cl2N2O2.ClH/c1-4-23(30)16-8-18-20-12(9-26(18)21(28)15(16)11-31-22(23)29)7-13-14(10-25(2)3)19(27)6-5-17(13)24-20;14-5-7-17(8-6-15)11-3-1-10(2-4-11)9-12(16)13(18)19;/h5-8,27,30H,4,9-11H2,1-3H3;1-4,12H,5-9,16H2,(H,18,19);1H/t23-;12-;/m00./s1. The summed E-state index contributed by atoms with van der Waals surface area (Å²) in [6.07, 6.45) is 0.424. The first-order valence-corrected chi connectivity index (χ1v) is 17.3. The summed E-state index contributed by atoms with van der Waals surface area (Å²) in [7, 11) is 3.86. The van der Waals surface area contributed by atoms with Crippen LogP contribution in [0.1, 0.15) is 41.2 Å². The molecule has 274 valence electrons. The maximum Gasteiger partial charge on any atom is 0.343 e. The Morgan fingerprint density at radius 2 is 1.76 bits per heavy atom. The van der Waals surface area contributed by atoms with Gasteiger partial charge in [-0.2, -0.15) is 0 Å². The van der Waals surface area contributed by atoms with Gasteiger partial charge in [-0.15, -0.1) is 35.6 Å². The van der Waals surface area contributed by atoms with Crippen molar-refractivity contribution in [1.29, 1.82) is 0 Å². The van der Waals surface area contributed by atoms with Crippen molar-refractivity contribution in [3.8, 4) is 17.1 Å². The molecule has 2 atom stereocenters. The number of nitrogens with two attached hydrogens (primary N) is 1. The van der Waals surface area contributed by atoms with E-state index in [4.69, 9.17) is 43.8 Å². The number of hydrogen-bond donors (Lipinski definition) is 4. The highest BCUT2D eigenvalue weighted by atomic mass is 35.5. The van der Waals surface area contributed by atoms with E-state index < -0.39 is 23.6 Å². The van der Waals surface area contributed by atoms with Crippen molar-refractivity contribution >= 4 is 64.1 Å². The third-order valence-corrected chi connectivity index (χ3v) is 9.37. The number of carboxylic acids is 1. The quantitative estimate of drug-likeness (QED) is 0.112. The van der Waals surface area contributed by atoms with Crippen LogP contribution in [-0.2, 0) is 46.0 Å². The van der Waals surface area contributed by atoms with Crippen LogP contribution in [0.25, 0.3) is 22.3 Å². The number of carbonyl (C=O) groups is 2. The molecule has 2 aromatic carbocycles. The molecular formula is C36H42Cl3N5O7. The molecule has 0 saturated heterocycles. The minimum atomic E-state index is -1.84. The maximum atomic E-state index is 13.2. The van der Waals surface area contributed by atoms with Gasteiger partial charge in [-0.3, -0.25) is 9.59 Å². The Morgan fingerprint density at radius 1 is 1.10 bits per heavy atom. The summed E-state index contributed by atoms with van der Waals surface area (Å²) < 4.78 is 6.71. The van der Waals surface area contributed by atoms with Gasteiger partial charge in [-0.25, -0.2) is 9.78 Å². The first-order valence-electron chi connectivity index (χ1n) is 16.2. The maximum absolute atomic E-state index is 13.2. The number of phenols is 1. The largest absolute Gasteiger partial charge is 0.508 e. The van der Waals surface area contributed by atoms with Crippen molar-refractivity contribution < 1.29 is 29.6 Å². The van der Waals surface area contributed by atoms with E-state index in [-0.39, 0.29) is 36.7 Å². The van der Waals surface area contributed by atoms with E-state index in [1.54, 1.807) is 29.7 Å². The predicted octanol–water partition coefficient (Wildman–Crippen LogP) is 4.19. The van der Waals surface area contributed by atoms with Crippen LogP contribution in [0.15, 0.2) is 53.3 Å². The molecule has 0 saturated carbocycles. The van der Waals surface area contributed by atoms with Crippen LogP contribution in [0.2, 0.25) is 0 Å². The number of hydrogen-bond acceptors (Lipinski definition) is 10. The Balaban J connectivity index is 0.000000253. The number of ether oxygens (including phenoxy) is 1. The number of alkyl halides is 2. The van der Waals surface area contributed by atoms with Gasteiger partial charge in [0.2, 0.25) is 0 Å². The predicted molar refractivity (Wildman–Crippen MR) is 200 cm³/mol. The average Bonchev–Trinajstić information content (AvgIpc) is 3.45. The van der Waals surface area contributed by atoms with Gasteiger partial charge >= 0.3 is 11.9 Å². The molecule has 4 aromatic rings. The summed E-state index contributed by atoms with van der Waals surface area (Å²) in [5.41, 5.74) is 9.45. The summed E-state index contributed by atoms with van der Waals surface area (Å²) in [6.45, 7) is 3.86. The lowest BCUT2D eigenvalue weighted by Crippen LogP contribution is -2.44. The van der Waals surface area contributed by atoms with E-state index in [1.807, 2.05) is 49.3 Å². The number of phenolic OH excluding ortho intramolecular Hbond substituents is 1. The first kappa shape index (κ1) is 39.9. The van der Waals surface area contributed by atoms with Crippen molar-refractivity contribution in [2.45, 2.75) is 51.1 Å². The molecule has 51 heavy (non-hydrogen) atoms. The molecule has 0 radical (unpaired) electrons. The average molecular weight is 763 g/mol. The number of aromatic hydroxyl groups is 1. The zero-order valence-corrected chi connectivity index (χ0v) is 30.9. The number of rotatable bonds is 11. The molecule has 2 aromatic heterocycles. The number of esters is 1. The van der Waals surface area contributed by atoms with E-state index in [0.717, 1.165) is 40.9 Å². The summed E-state index contributed by atoms with van der Waals surface area (Å²) >= 11 is 11.5. The van der Waals surface area contributed by atoms with E-state index >= 15 is 0 Å². The fraction of sp³-hybridized carbons (Fsp3) is 0.389. The minimum absolute atomic E-state index is 0. The number of carboxylic acid groups (broad SMARTS) is 1. The van der Waals surface area contributed by atoms with Crippen molar-refractivity contribution in [1.82, 2.24) is 14.5 Å². The number of anilines is 1. The number of halogens is 3. The van der Waals surface area contributed by atoms with Gasteiger partial charge in [0.05, 0.1) is 29.0 Å². The molecule has 5 N–H and O–H groups in total. The molecule has 0 spiro atoms. The first-order chi connectivity index (χ1) is 23.8. The number of pyridine rings is 2. The van der Waals surface area contributed by atoms with Crippen LogP contribution in [0, 0.1) is 0 Å². The molecule has 2 aliphatic rings. The fourth-order valence-electron chi connectivity index (χ4n) is 6.34. The van der Waals surface area contributed by atoms with E-state index in [1.165, 1.54) is 0 Å². The summed E-state index contributed by atoms with van der Waals surface area (Å²) in [5.74, 6) is -0.462. The van der Waals surface area contributed by atoms with Crippen molar-refractivity contribution in [2.75, 3.05) is 43.8 Å². The number of aliphatic carboxylic acids is 1. The van der Waals surface area contributed by atoms with Crippen LogP contribution in [-0.4, -0.2) is 86.7 Å². The van der Waals surface area contributed by atoms with E-state index in [9.17, 15) is 24.6 Å². The topological polar surface area (TPSA) is 171 Å². The lowest BCUT2D eigenvalue weighted by molar-refractivity contribution is -0.172. The van der Waals surface area contributed by atoms with Gasteiger partial charge in [0.1, 0.15) is 18.4 Å². The smallest absolute Gasteiger partial charge is 0.343 e. The second-order valence-corrected chi connectivity index (χ2v) is 13.4. The van der Waals surface area contributed by atoms with Gasteiger partial charge < -0.3 is 40.2 Å². The number of carbonyl (C=O) groups excluding carboxylic acids is 1. The zero-order chi connectivity index (χ0) is 36.3. The van der Waals surface area contributed by atoms with Crippen molar-refractivity contribution in [3.05, 3.63) is 86.7 Å². The summed E-state index contributed by atoms with van der Waals surface area (Å²) in [6, 6.07) is 13.8. The second-order valence-electron chi connectivity index (χ2n) is 12.6. The highest BCUT2D eigenvalue weighted by Crippen LogP contribution is 2.39. The Labute approximate surface area is 311 Å². The van der Waals surface area contributed by atoms with Gasteiger partial charge in [0.15, 0.2) is 5.60 Å². The molecular weight excluding hydrogens is 721 g/mol. The molecule has 4 heterocycles.